The average molecular weight is 411 g/mol. The maximum atomic E-state index is 13.5. The number of hydrogen-bond acceptors (Lipinski definition) is 3. The number of nitrogens with zero attached hydrogens (tertiary/aromatic N) is 2. The number of fused-ring (bicyclic) bond motifs is 1. The molecule has 0 radical (unpaired) electrons. The van der Waals surface area contributed by atoms with E-state index in [2.05, 4.69) is 10.3 Å². The van der Waals surface area contributed by atoms with E-state index in [0.717, 1.165) is 4.57 Å². The number of nitrogens with one attached hydrogen (secondary N) is 1. The molecule has 0 bridgehead atoms. The van der Waals surface area contributed by atoms with E-state index in [0.29, 0.717) is 23.9 Å². The van der Waals surface area contributed by atoms with Crippen LogP contribution < -0.4 is 11.1 Å². The Morgan fingerprint density at radius 2 is 1.85 bits per heavy atom. The summed E-state index contributed by atoms with van der Waals surface area (Å²) >= 11 is 0. The summed E-state index contributed by atoms with van der Waals surface area (Å²) in [6.07, 6.45) is 1.17. The summed E-state index contributed by atoms with van der Waals surface area (Å²) in [6, 6.07) is 6.04. The number of imidazole rings is 1. The van der Waals surface area contributed by atoms with Crippen LogP contribution >= 0.6 is 24.8 Å². The van der Waals surface area contributed by atoms with E-state index < -0.39 is 18.0 Å². The molecule has 1 aromatic carbocycles. The molecule has 1 atom stereocenters. The molecular weight excluding hydrogens is 385 g/mol. The number of alkyl halides is 2. The molecule has 0 fully saturated rings. The molecule has 3 N–H and O–H groups in total. The van der Waals surface area contributed by atoms with Gasteiger partial charge in [0.1, 0.15) is 5.82 Å². The maximum Gasteiger partial charge on any atom is 0.320 e. The molecule has 0 aliphatic carbocycles. The molecule has 0 spiro atoms. The Balaban J connectivity index is 0.00000312. The normalized spacial score (nSPS) is 12.4. The zero-order chi connectivity index (χ0) is 17.9. The van der Waals surface area contributed by atoms with E-state index in [4.69, 9.17) is 5.73 Å². The van der Waals surface area contributed by atoms with Gasteiger partial charge in [-0.2, -0.15) is 8.78 Å². The second-order valence-corrected chi connectivity index (χ2v) is 5.99. The summed E-state index contributed by atoms with van der Waals surface area (Å²) < 4.78 is 27.9. The summed E-state index contributed by atoms with van der Waals surface area (Å²) in [5, 5.41) is 2.81. The summed E-state index contributed by atoms with van der Waals surface area (Å²) in [6.45, 7) is 2.93. The number of rotatable bonds is 7. The largest absolute Gasteiger partial charge is 0.346 e. The van der Waals surface area contributed by atoms with Gasteiger partial charge < -0.3 is 11.1 Å². The van der Waals surface area contributed by atoms with Gasteiger partial charge in [0.25, 0.3) is 0 Å². The summed E-state index contributed by atoms with van der Waals surface area (Å²) in [4.78, 5) is 16.9. The number of para-hydroxylation sites is 2. The third-order valence-corrected chi connectivity index (χ3v) is 4.78. The van der Waals surface area contributed by atoms with Crippen molar-refractivity contribution in [3.8, 4) is 0 Å². The highest BCUT2D eigenvalue weighted by Gasteiger charge is 2.35. The second-order valence-electron chi connectivity index (χ2n) is 5.99. The monoisotopic (exact) mass is 410 g/mol. The van der Waals surface area contributed by atoms with E-state index in [1.54, 1.807) is 31.2 Å². The molecular formula is C17H26Cl2F2N4O. The third kappa shape index (κ3) is 4.45. The van der Waals surface area contributed by atoms with Crippen molar-refractivity contribution < 1.29 is 13.6 Å². The number of amides is 1. The molecule has 26 heavy (non-hydrogen) atoms. The Morgan fingerprint density at radius 3 is 2.35 bits per heavy atom. The van der Waals surface area contributed by atoms with E-state index in [1.807, 2.05) is 13.8 Å². The molecule has 2 aromatic rings. The quantitative estimate of drug-likeness (QED) is 0.717. The van der Waals surface area contributed by atoms with Crippen LogP contribution in [0.15, 0.2) is 24.3 Å². The Labute approximate surface area is 164 Å². The van der Waals surface area contributed by atoms with Crippen molar-refractivity contribution in [2.45, 2.75) is 46.2 Å². The SMILES string of the molecule is CCC(CC)(CN)C(=O)NC(C)c1nc2ccccc2n1C(F)F.Cl.Cl. The van der Waals surface area contributed by atoms with Crippen molar-refractivity contribution in [3.63, 3.8) is 0 Å². The van der Waals surface area contributed by atoms with Crippen LogP contribution in [0.25, 0.3) is 11.0 Å². The molecule has 1 amide bonds. The van der Waals surface area contributed by atoms with Crippen LogP contribution in [0.1, 0.15) is 52.0 Å². The summed E-state index contributed by atoms with van der Waals surface area (Å²) in [5.74, 6) is -0.0898. The zero-order valence-corrected chi connectivity index (χ0v) is 16.7. The van der Waals surface area contributed by atoms with Crippen LogP contribution in [-0.2, 0) is 4.79 Å². The van der Waals surface area contributed by atoms with Crippen molar-refractivity contribution in [3.05, 3.63) is 30.1 Å². The van der Waals surface area contributed by atoms with Gasteiger partial charge in [0.2, 0.25) is 5.91 Å². The molecule has 148 valence electrons. The van der Waals surface area contributed by atoms with Crippen molar-refractivity contribution in [2.24, 2.45) is 11.1 Å². The first kappa shape index (κ1) is 24.6. The predicted molar refractivity (Wildman–Crippen MR) is 104 cm³/mol. The van der Waals surface area contributed by atoms with Crippen LogP contribution in [0, 0.1) is 5.41 Å². The summed E-state index contributed by atoms with van der Waals surface area (Å²) in [5.41, 5.74) is 5.92. The summed E-state index contributed by atoms with van der Waals surface area (Å²) in [7, 11) is 0. The lowest BCUT2D eigenvalue weighted by Crippen LogP contribution is -2.46. The third-order valence-electron chi connectivity index (χ3n) is 4.78. The van der Waals surface area contributed by atoms with Crippen LogP contribution in [-0.4, -0.2) is 22.0 Å². The standard InChI is InChI=1S/C17H24F2N4O.2ClH/c1-4-17(5-2,10-20)15(24)21-11(3)14-22-12-8-6-7-9-13(12)23(14)16(18)19;;/h6-9,11,16H,4-5,10,20H2,1-3H3,(H,21,24);2*1H. The van der Waals surface area contributed by atoms with Crippen LogP contribution in [0.3, 0.4) is 0 Å². The first-order valence-electron chi connectivity index (χ1n) is 8.16. The fourth-order valence-corrected chi connectivity index (χ4v) is 2.94. The highest BCUT2D eigenvalue weighted by Crippen LogP contribution is 2.29. The van der Waals surface area contributed by atoms with Crippen molar-refractivity contribution >= 4 is 41.8 Å². The number of benzene rings is 1. The van der Waals surface area contributed by atoms with Crippen LogP contribution in [0.2, 0.25) is 0 Å². The average Bonchev–Trinajstić information content (AvgIpc) is 2.96. The number of hydrogen-bond donors (Lipinski definition) is 2. The molecule has 1 aromatic heterocycles. The zero-order valence-electron chi connectivity index (χ0n) is 15.0. The van der Waals surface area contributed by atoms with E-state index in [1.165, 1.54) is 0 Å². The second kappa shape index (κ2) is 10.0. The molecule has 0 aliphatic rings. The van der Waals surface area contributed by atoms with Gasteiger partial charge in [-0.3, -0.25) is 9.36 Å². The number of carbonyl (C=O) groups is 1. The van der Waals surface area contributed by atoms with Gasteiger partial charge >= 0.3 is 6.55 Å². The highest BCUT2D eigenvalue weighted by atomic mass is 35.5. The lowest BCUT2D eigenvalue weighted by Gasteiger charge is -2.30. The van der Waals surface area contributed by atoms with Crippen LogP contribution in [0.5, 0.6) is 0 Å². The Hall–Kier alpha value is -1.44. The van der Waals surface area contributed by atoms with Gasteiger partial charge in [-0.05, 0) is 31.9 Å². The number of halogens is 4. The van der Waals surface area contributed by atoms with E-state index >= 15 is 0 Å². The first-order chi connectivity index (χ1) is 11.4. The molecule has 5 nitrogen and oxygen atoms in total. The number of carbonyl (C=O) groups excluding carboxylic acids is 1. The minimum absolute atomic E-state index is 0. The molecule has 0 aliphatic heterocycles. The Bertz CT molecular complexity index is 712. The lowest BCUT2D eigenvalue weighted by molar-refractivity contribution is -0.131. The van der Waals surface area contributed by atoms with Crippen LogP contribution in [0.4, 0.5) is 8.78 Å². The maximum absolute atomic E-state index is 13.5. The van der Waals surface area contributed by atoms with Gasteiger partial charge in [0.05, 0.1) is 22.5 Å². The smallest absolute Gasteiger partial charge is 0.320 e. The van der Waals surface area contributed by atoms with Crippen molar-refractivity contribution in [2.75, 3.05) is 6.54 Å². The molecule has 1 unspecified atom stereocenters. The van der Waals surface area contributed by atoms with Gasteiger partial charge in [0, 0.05) is 6.54 Å². The predicted octanol–water partition coefficient (Wildman–Crippen LogP) is 4.22. The molecule has 2 rings (SSSR count). The van der Waals surface area contributed by atoms with E-state index in [9.17, 15) is 13.6 Å². The minimum Gasteiger partial charge on any atom is -0.346 e. The van der Waals surface area contributed by atoms with Crippen molar-refractivity contribution in [1.82, 2.24) is 14.9 Å². The molecule has 0 saturated carbocycles. The van der Waals surface area contributed by atoms with Gasteiger partial charge in [-0.15, -0.1) is 24.8 Å². The number of nitrogens with two attached hydrogens (primary N) is 1. The Kier molecular flexibility index (Phi) is 9.48. The first-order valence-corrected chi connectivity index (χ1v) is 8.16. The number of aromatic nitrogens is 2. The van der Waals surface area contributed by atoms with Gasteiger partial charge in [-0.25, -0.2) is 4.98 Å². The van der Waals surface area contributed by atoms with Gasteiger partial charge in [-0.1, -0.05) is 26.0 Å². The molecule has 0 saturated heterocycles. The van der Waals surface area contributed by atoms with E-state index in [-0.39, 0.29) is 43.1 Å². The minimum atomic E-state index is -2.73. The Morgan fingerprint density at radius 1 is 1.27 bits per heavy atom. The fourth-order valence-electron chi connectivity index (χ4n) is 2.94. The molecule has 1 heterocycles. The topological polar surface area (TPSA) is 72.9 Å². The highest BCUT2D eigenvalue weighted by molar-refractivity contribution is 5.85. The fraction of sp³-hybridized carbons (Fsp3) is 0.529. The molecule has 9 heteroatoms. The lowest BCUT2D eigenvalue weighted by atomic mass is 9.81. The van der Waals surface area contributed by atoms with Gasteiger partial charge in [0.15, 0.2) is 0 Å². The van der Waals surface area contributed by atoms with Crippen molar-refractivity contribution in [1.29, 1.82) is 0 Å².